The van der Waals surface area contributed by atoms with Crippen LogP contribution in [0.2, 0.25) is 0 Å². The Balaban J connectivity index is 1.74. The maximum absolute atomic E-state index is 12.7. The van der Waals surface area contributed by atoms with Crippen LogP contribution in [0.1, 0.15) is 34.3 Å². The van der Waals surface area contributed by atoms with E-state index in [9.17, 15) is 9.59 Å². The first-order chi connectivity index (χ1) is 10.7. The fraction of sp³-hybridized carbons (Fsp3) is 0.529. The highest BCUT2D eigenvalue weighted by Gasteiger charge is 2.30. The first-order valence-electron chi connectivity index (χ1n) is 7.79. The minimum Gasteiger partial charge on any atom is -0.468 e. The van der Waals surface area contributed by atoms with Crippen molar-refractivity contribution in [1.82, 2.24) is 4.90 Å². The Bertz CT molecular complexity index is 587. The predicted molar refractivity (Wildman–Crippen MR) is 87.2 cm³/mol. The lowest BCUT2D eigenvalue weighted by Gasteiger charge is -2.31. The number of methoxy groups -OCH3 is 1. The van der Waals surface area contributed by atoms with Gasteiger partial charge in [0.15, 0.2) is 0 Å². The van der Waals surface area contributed by atoms with E-state index >= 15 is 0 Å². The van der Waals surface area contributed by atoms with E-state index in [4.69, 9.17) is 4.74 Å². The van der Waals surface area contributed by atoms with E-state index in [0.29, 0.717) is 13.1 Å². The first kappa shape index (κ1) is 15.4. The zero-order chi connectivity index (χ0) is 15.5. The molecule has 1 amide bonds. The average molecular weight is 319 g/mol. The number of benzene rings is 1. The zero-order valence-corrected chi connectivity index (χ0v) is 13.7. The minimum absolute atomic E-state index is 0.0302. The van der Waals surface area contributed by atoms with Gasteiger partial charge in [0.2, 0.25) is 0 Å². The molecule has 0 bridgehead atoms. The number of nitrogens with zero attached hydrogens (tertiary/aromatic N) is 1. The molecule has 5 heteroatoms. The lowest BCUT2D eigenvalue weighted by atomic mass is 9.90. The molecular formula is C17H21NO3S. The van der Waals surface area contributed by atoms with Gasteiger partial charge in [0.05, 0.1) is 7.11 Å². The molecule has 2 aliphatic rings. The quantitative estimate of drug-likeness (QED) is 0.785. The molecule has 1 atom stereocenters. The number of aryl methyl sites for hydroxylation is 2. The molecule has 4 nitrogen and oxygen atoms in total. The smallest absolute Gasteiger partial charge is 0.320 e. The van der Waals surface area contributed by atoms with Gasteiger partial charge in [0, 0.05) is 24.4 Å². The molecule has 0 aromatic heterocycles. The summed E-state index contributed by atoms with van der Waals surface area (Å²) in [6.07, 6.45) is 4.63. The molecule has 22 heavy (non-hydrogen) atoms. The van der Waals surface area contributed by atoms with Crippen LogP contribution in [0.5, 0.6) is 0 Å². The number of rotatable bonds is 2. The van der Waals surface area contributed by atoms with Crippen molar-refractivity contribution >= 4 is 23.6 Å². The molecular weight excluding hydrogens is 298 g/mol. The summed E-state index contributed by atoms with van der Waals surface area (Å²) in [5.41, 5.74) is 3.44. The van der Waals surface area contributed by atoms with Gasteiger partial charge in [-0.2, -0.15) is 0 Å². The highest BCUT2D eigenvalue weighted by atomic mass is 32.2. The Morgan fingerprint density at radius 1 is 1.23 bits per heavy atom. The highest BCUT2D eigenvalue weighted by Crippen LogP contribution is 2.25. The third kappa shape index (κ3) is 3.14. The molecule has 1 saturated heterocycles. The van der Waals surface area contributed by atoms with Crippen molar-refractivity contribution in [3.05, 3.63) is 34.9 Å². The van der Waals surface area contributed by atoms with Crippen molar-refractivity contribution in [2.24, 2.45) is 0 Å². The molecule has 1 aliphatic heterocycles. The number of carbonyl (C=O) groups is 2. The predicted octanol–water partition coefficient (Wildman–Crippen LogP) is 2.30. The molecule has 3 rings (SSSR count). The second kappa shape index (κ2) is 6.73. The molecule has 1 aromatic carbocycles. The van der Waals surface area contributed by atoms with Crippen LogP contribution in [0.4, 0.5) is 0 Å². The van der Waals surface area contributed by atoms with E-state index in [0.717, 1.165) is 24.2 Å². The van der Waals surface area contributed by atoms with Gasteiger partial charge in [-0.15, -0.1) is 11.8 Å². The number of carbonyl (C=O) groups excluding carboxylic acids is 2. The molecule has 1 fully saturated rings. The number of fused-ring (bicyclic) bond motifs is 1. The molecule has 1 heterocycles. The number of thioether (sulfide) groups is 1. The summed E-state index contributed by atoms with van der Waals surface area (Å²) in [7, 11) is 1.40. The topological polar surface area (TPSA) is 46.6 Å². The third-order valence-electron chi connectivity index (χ3n) is 4.41. The van der Waals surface area contributed by atoms with Gasteiger partial charge >= 0.3 is 5.97 Å². The Kier molecular flexibility index (Phi) is 4.71. The summed E-state index contributed by atoms with van der Waals surface area (Å²) >= 11 is 1.57. The van der Waals surface area contributed by atoms with Gasteiger partial charge in [-0.1, -0.05) is 6.07 Å². The first-order valence-corrected chi connectivity index (χ1v) is 8.84. The van der Waals surface area contributed by atoms with Crippen molar-refractivity contribution in [1.29, 1.82) is 0 Å². The van der Waals surface area contributed by atoms with Crippen LogP contribution in [0.15, 0.2) is 18.2 Å². The van der Waals surface area contributed by atoms with Crippen molar-refractivity contribution in [3.8, 4) is 0 Å². The van der Waals surface area contributed by atoms with Crippen LogP contribution in [0, 0.1) is 0 Å². The Morgan fingerprint density at radius 3 is 2.77 bits per heavy atom. The van der Waals surface area contributed by atoms with E-state index in [1.807, 2.05) is 12.1 Å². The summed E-state index contributed by atoms with van der Waals surface area (Å²) in [5.74, 6) is 0.562. The van der Waals surface area contributed by atoms with Gasteiger partial charge in [-0.05, 0) is 48.9 Å². The summed E-state index contributed by atoms with van der Waals surface area (Å²) in [5, 5.41) is -0.264. The van der Waals surface area contributed by atoms with Gasteiger partial charge in [-0.25, -0.2) is 0 Å². The summed E-state index contributed by atoms with van der Waals surface area (Å²) < 4.78 is 4.80. The van der Waals surface area contributed by atoms with Crippen molar-refractivity contribution in [2.75, 3.05) is 26.0 Å². The van der Waals surface area contributed by atoms with Crippen LogP contribution >= 0.6 is 11.8 Å². The van der Waals surface area contributed by atoms with Crippen molar-refractivity contribution in [2.45, 2.75) is 30.9 Å². The fourth-order valence-corrected chi connectivity index (χ4v) is 4.28. The monoisotopic (exact) mass is 319 g/mol. The van der Waals surface area contributed by atoms with Crippen LogP contribution < -0.4 is 0 Å². The number of ether oxygens (including phenoxy) is 1. The second-order valence-corrected chi connectivity index (χ2v) is 7.13. The van der Waals surface area contributed by atoms with Crippen LogP contribution in [0.3, 0.4) is 0 Å². The van der Waals surface area contributed by atoms with Gasteiger partial charge in [0.1, 0.15) is 5.25 Å². The molecule has 118 valence electrons. The van der Waals surface area contributed by atoms with Crippen molar-refractivity contribution < 1.29 is 14.3 Å². The van der Waals surface area contributed by atoms with E-state index in [1.54, 1.807) is 16.7 Å². The third-order valence-corrected chi connectivity index (χ3v) is 5.58. The van der Waals surface area contributed by atoms with Gasteiger partial charge in [0.25, 0.3) is 5.91 Å². The number of hydrogen-bond donors (Lipinski definition) is 0. The fourth-order valence-electron chi connectivity index (χ4n) is 3.16. The maximum Gasteiger partial charge on any atom is 0.320 e. The van der Waals surface area contributed by atoms with Crippen molar-refractivity contribution in [3.63, 3.8) is 0 Å². The molecule has 1 aromatic rings. The average Bonchev–Trinajstić information content (AvgIpc) is 2.60. The summed E-state index contributed by atoms with van der Waals surface area (Å²) in [6.45, 7) is 1.13. The van der Waals surface area contributed by atoms with Crippen LogP contribution in [-0.4, -0.2) is 48.0 Å². The van der Waals surface area contributed by atoms with E-state index in [2.05, 4.69) is 6.07 Å². The largest absolute Gasteiger partial charge is 0.468 e. The van der Waals surface area contributed by atoms with Crippen LogP contribution in [0.25, 0.3) is 0 Å². The maximum atomic E-state index is 12.7. The SMILES string of the molecule is COC(=O)[C@@H]1CN(C(=O)c2ccc3c(c2)CCCC3)CCS1. The normalized spacial score (nSPS) is 21.1. The number of amides is 1. The standard InChI is InChI=1S/C17H21NO3S/c1-21-17(20)15-11-18(8-9-22-15)16(19)14-7-6-12-4-2-3-5-13(12)10-14/h6-7,10,15H,2-5,8-9,11H2,1H3/t15-/m0/s1. The molecule has 0 radical (unpaired) electrons. The Labute approximate surface area is 135 Å². The van der Waals surface area contributed by atoms with Gasteiger partial charge in [-0.3, -0.25) is 9.59 Å². The molecule has 1 aliphatic carbocycles. The minimum atomic E-state index is -0.264. The number of esters is 1. The lowest BCUT2D eigenvalue weighted by Crippen LogP contribution is -2.45. The Hall–Kier alpha value is -1.49. The zero-order valence-electron chi connectivity index (χ0n) is 12.8. The second-order valence-electron chi connectivity index (χ2n) is 5.82. The highest BCUT2D eigenvalue weighted by molar-refractivity contribution is 8.00. The molecule has 0 N–H and O–H groups in total. The van der Waals surface area contributed by atoms with Gasteiger partial charge < -0.3 is 9.64 Å². The molecule has 0 unspecified atom stereocenters. The molecule has 0 saturated carbocycles. The summed E-state index contributed by atoms with van der Waals surface area (Å²) in [4.78, 5) is 26.2. The Morgan fingerprint density at radius 2 is 2.00 bits per heavy atom. The van der Waals surface area contributed by atoms with Crippen LogP contribution in [-0.2, 0) is 22.4 Å². The van der Waals surface area contributed by atoms with E-state index in [1.165, 1.54) is 31.1 Å². The van der Waals surface area contributed by atoms with E-state index < -0.39 is 0 Å². The lowest BCUT2D eigenvalue weighted by molar-refractivity contribution is -0.140. The number of hydrogen-bond acceptors (Lipinski definition) is 4. The van der Waals surface area contributed by atoms with E-state index in [-0.39, 0.29) is 17.1 Å². The molecule has 0 spiro atoms. The summed E-state index contributed by atoms with van der Waals surface area (Å²) in [6, 6.07) is 6.07.